The SMILES string of the molecule is CC(C)(C)C1CC(F)(c2ncc(-c3nc(CO)no3)cc2Cl)CCN1C(=O)O. The lowest BCUT2D eigenvalue weighted by Crippen LogP contribution is -2.55. The lowest BCUT2D eigenvalue weighted by molar-refractivity contribution is -0.0197. The molecule has 28 heavy (non-hydrogen) atoms. The lowest BCUT2D eigenvalue weighted by atomic mass is 9.74. The van der Waals surface area contributed by atoms with Crippen LogP contribution in [0.4, 0.5) is 9.18 Å². The fraction of sp³-hybridized carbons (Fsp3) is 0.556. The number of aliphatic hydroxyl groups excluding tert-OH is 1. The quantitative estimate of drug-likeness (QED) is 0.791. The molecule has 0 radical (unpaired) electrons. The van der Waals surface area contributed by atoms with Gasteiger partial charge in [0.05, 0.1) is 16.3 Å². The minimum Gasteiger partial charge on any atom is -0.465 e. The minimum atomic E-state index is -1.86. The van der Waals surface area contributed by atoms with E-state index in [0.717, 1.165) is 0 Å². The number of aliphatic hydroxyl groups is 1. The third-order valence-electron chi connectivity index (χ3n) is 5.01. The number of nitrogens with zero attached hydrogens (tertiary/aromatic N) is 4. The highest BCUT2D eigenvalue weighted by Crippen LogP contribution is 2.46. The molecule has 0 aromatic carbocycles. The summed E-state index contributed by atoms with van der Waals surface area (Å²) in [5.41, 5.74) is -1.84. The van der Waals surface area contributed by atoms with E-state index in [1.54, 1.807) is 0 Å². The summed E-state index contributed by atoms with van der Waals surface area (Å²) in [5.74, 6) is 0.234. The van der Waals surface area contributed by atoms with Crippen LogP contribution in [0.3, 0.4) is 0 Å². The number of amides is 1. The van der Waals surface area contributed by atoms with Gasteiger partial charge in [-0.1, -0.05) is 37.5 Å². The summed E-state index contributed by atoms with van der Waals surface area (Å²) >= 11 is 6.33. The summed E-state index contributed by atoms with van der Waals surface area (Å²) in [6.45, 7) is 5.32. The predicted octanol–water partition coefficient (Wildman–Crippen LogP) is 3.63. The number of carboxylic acid groups (broad SMARTS) is 1. The molecule has 2 aromatic heterocycles. The summed E-state index contributed by atoms with van der Waals surface area (Å²) in [4.78, 5) is 21.1. The van der Waals surface area contributed by atoms with Gasteiger partial charge in [0.1, 0.15) is 6.61 Å². The molecule has 0 aliphatic carbocycles. The molecular weight excluding hydrogens is 391 g/mol. The molecule has 0 spiro atoms. The molecule has 1 aliphatic heterocycles. The zero-order valence-corrected chi connectivity index (χ0v) is 16.6. The van der Waals surface area contributed by atoms with E-state index < -0.39 is 23.2 Å². The van der Waals surface area contributed by atoms with Gasteiger partial charge < -0.3 is 19.6 Å². The molecule has 152 valence electrons. The number of hydrogen-bond acceptors (Lipinski definition) is 6. The number of hydrogen-bond donors (Lipinski definition) is 2. The monoisotopic (exact) mass is 412 g/mol. The molecule has 0 bridgehead atoms. The van der Waals surface area contributed by atoms with E-state index in [1.807, 2.05) is 20.8 Å². The summed E-state index contributed by atoms with van der Waals surface area (Å²) in [5, 5.41) is 22.2. The fourth-order valence-corrected chi connectivity index (χ4v) is 3.85. The van der Waals surface area contributed by atoms with Crippen molar-refractivity contribution in [2.75, 3.05) is 6.54 Å². The molecule has 2 N–H and O–H groups in total. The van der Waals surface area contributed by atoms with Crippen LogP contribution in [0.1, 0.15) is 45.1 Å². The van der Waals surface area contributed by atoms with Crippen LogP contribution in [0.2, 0.25) is 5.02 Å². The van der Waals surface area contributed by atoms with Gasteiger partial charge in [-0.2, -0.15) is 4.98 Å². The number of carbonyl (C=O) groups is 1. The van der Waals surface area contributed by atoms with Crippen LogP contribution in [-0.2, 0) is 12.3 Å². The van der Waals surface area contributed by atoms with E-state index in [2.05, 4.69) is 15.1 Å². The van der Waals surface area contributed by atoms with Crippen LogP contribution < -0.4 is 0 Å². The Labute approximate surface area is 166 Å². The Bertz CT molecular complexity index is 885. The van der Waals surface area contributed by atoms with Crippen LogP contribution in [0, 0.1) is 5.41 Å². The molecule has 0 saturated carbocycles. The molecule has 1 fully saturated rings. The average Bonchev–Trinajstić information content (AvgIpc) is 3.09. The molecule has 1 amide bonds. The second-order valence-electron chi connectivity index (χ2n) is 8.01. The third-order valence-corrected chi connectivity index (χ3v) is 5.30. The highest BCUT2D eigenvalue weighted by Gasteiger charge is 2.48. The maximum Gasteiger partial charge on any atom is 0.407 e. The van der Waals surface area contributed by atoms with Crippen molar-refractivity contribution >= 4 is 17.7 Å². The standard InChI is InChI=1S/C18H22ClFN4O4/c1-17(2,3)12-7-18(20,4-5-24(12)16(26)27)14-11(19)6-10(8-21-14)15-22-13(9-25)23-28-15/h6,8,12,25H,4-5,7,9H2,1-3H3,(H,26,27). The highest BCUT2D eigenvalue weighted by atomic mass is 35.5. The minimum absolute atomic E-state index is 0.0346. The number of alkyl halides is 1. The van der Waals surface area contributed by atoms with Gasteiger partial charge in [0.25, 0.3) is 5.89 Å². The molecule has 2 unspecified atom stereocenters. The van der Waals surface area contributed by atoms with Gasteiger partial charge >= 0.3 is 6.09 Å². The maximum absolute atomic E-state index is 15.9. The van der Waals surface area contributed by atoms with E-state index in [9.17, 15) is 9.90 Å². The Morgan fingerprint density at radius 3 is 2.75 bits per heavy atom. The molecular formula is C18H22ClFN4O4. The molecule has 8 nitrogen and oxygen atoms in total. The van der Waals surface area contributed by atoms with Crippen LogP contribution in [0.15, 0.2) is 16.8 Å². The number of piperidine rings is 1. The smallest absolute Gasteiger partial charge is 0.407 e. The van der Waals surface area contributed by atoms with E-state index in [1.165, 1.54) is 17.2 Å². The topological polar surface area (TPSA) is 113 Å². The van der Waals surface area contributed by atoms with Crippen LogP contribution in [-0.4, -0.2) is 48.9 Å². The zero-order chi connectivity index (χ0) is 20.7. The molecule has 1 saturated heterocycles. The summed E-state index contributed by atoms with van der Waals surface area (Å²) in [6, 6.07) is 0.958. The number of pyridine rings is 1. The number of halogens is 2. The lowest BCUT2D eigenvalue weighted by Gasteiger charge is -2.46. The second-order valence-corrected chi connectivity index (χ2v) is 8.41. The van der Waals surface area contributed by atoms with Crippen molar-refractivity contribution in [3.8, 4) is 11.5 Å². The van der Waals surface area contributed by atoms with E-state index >= 15 is 4.39 Å². The highest BCUT2D eigenvalue weighted by molar-refractivity contribution is 6.31. The fourth-order valence-electron chi connectivity index (χ4n) is 3.51. The first-order valence-corrected chi connectivity index (χ1v) is 9.21. The second kappa shape index (κ2) is 7.29. The van der Waals surface area contributed by atoms with Crippen molar-refractivity contribution in [3.63, 3.8) is 0 Å². The van der Waals surface area contributed by atoms with Crippen LogP contribution in [0.5, 0.6) is 0 Å². The van der Waals surface area contributed by atoms with Gasteiger partial charge in [-0.05, 0) is 11.5 Å². The van der Waals surface area contributed by atoms with Crippen LogP contribution in [0.25, 0.3) is 11.5 Å². The van der Waals surface area contributed by atoms with Crippen molar-refractivity contribution in [2.45, 2.75) is 51.9 Å². The number of rotatable bonds is 3. The molecule has 2 atom stereocenters. The van der Waals surface area contributed by atoms with Crippen LogP contribution >= 0.6 is 11.6 Å². The van der Waals surface area contributed by atoms with Gasteiger partial charge in [0, 0.05) is 31.6 Å². The van der Waals surface area contributed by atoms with Crippen molar-refractivity contribution in [1.29, 1.82) is 0 Å². The molecule has 10 heteroatoms. The first kappa shape index (κ1) is 20.5. The molecule has 1 aliphatic rings. The Morgan fingerprint density at radius 1 is 1.50 bits per heavy atom. The Morgan fingerprint density at radius 2 is 2.21 bits per heavy atom. The Hall–Kier alpha value is -2.26. The number of likely N-dealkylation sites (tertiary alicyclic amines) is 1. The maximum atomic E-state index is 15.9. The van der Waals surface area contributed by atoms with E-state index in [4.69, 9.17) is 21.2 Å². The van der Waals surface area contributed by atoms with Gasteiger partial charge in [-0.3, -0.25) is 4.98 Å². The van der Waals surface area contributed by atoms with Gasteiger partial charge in [0.15, 0.2) is 11.5 Å². The summed E-state index contributed by atoms with van der Waals surface area (Å²) in [6.07, 6.45) is 0.247. The van der Waals surface area contributed by atoms with E-state index in [0.29, 0.717) is 5.56 Å². The Kier molecular flexibility index (Phi) is 5.33. The molecule has 2 aromatic rings. The summed E-state index contributed by atoms with van der Waals surface area (Å²) < 4.78 is 20.9. The zero-order valence-electron chi connectivity index (χ0n) is 15.8. The Balaban J connectivity index is 1.92. The molecule has 3 heterocycles. The third kappa shape index (κ3) is 3.81. The van der Waals surface area contributed by atoms with Gasteiger partial charge in [-0.15, -0.1) is 0 Å². The first-order chi connectivity index (χ1) is 13.0. The van der Waals surface area contributed by atoms with Gasteiger partial charge in [-0.25, -0.2) is 9.18 Å². The summed E-state index contributed by atoms with van der Waals surface area (Å²) in [7, 11) is 0. The largest absolute Gasteiger partial charge is 0.465 e. The van der Waals surface area contributed by atoms with Crippen molar-refractivity contribution < 1.29 is 23.9 Å². The van der Waals surface area contributed by atoms with E-state index in [-0.39, 0.29) is 48.4 Å². The van der Waals surface area contributed by atoms with Crippen molar-refractivity contribution in [1.82, 2.24) is 20.0 Å². The predicted molar refractivity (Wildman–Crippen MR) is 98.5 cm³/mol. The van der Waals surface area contributed by atoms with Crippen molar-refractivity contribution in [2.24, 2.45) is 5.41 Å². The molecule has 3 rings (SSSR count). The average molecular weight is 413 g/mol. The first-order valence-electron chi connectivity index (χ1n) is 8.83. The number of aromatic nitrogens is 3. The normalized spacial score (nSPS) is 23.1. The van der Waals surface area contributed by atoms with Crippen molar-refractivity contribution in [3.05, 3.63) is 28.8 Å². The van der Waals surface area contributed by atoms with Gasteiger partial charge in [0.2, 0.25) is 0 Å².